The minimum Gasteiger partial charge on any atom is -0.359 e. The summed E-state index contributed by atoms with van der Waals surface area (Å²) in [5.74, 6) is 0.524. The van der Waals surface area contributed by atoms with Gasteiger partial charge in [-0.3, -0.25) is 9.59 Å². The molecule has 0 fully saturated rings. The van der Waals surface area contributed by atoms with Crippen LogP contribution in [0.1, 0.15) is 11.3 Å². The van der Waals surface area contributed by atoms with Gasteiger partial charge in [-0.1, -0.05) is 54.2 Å². The first-order chi connectivity index (χ1) is 11.6. The molecule has 0 bridgehead atoms. The summed E-state index contributed by atoms with van der Waals surface area (Å²) in [5.41, 5.74) is 1.38. The van der Waals surface area contributed by atoms with Crippen LogP contribution in [0.2, 0.25) is 0 Å². The molecular weight excluding hydrogens is 322 g/mol. The number of carbonyl (C=O) groups excluding carboxylic acids is 1. The zero-order valence-corrected chi connectivity index (χ0v) is 14.0. The summed E-state index contributed by atoms with van der Waals surface area (Å²) in [6.45, 7) is 0. The zero-order valence-electron chi connectivity index (χ0n) is 13.2. The molecule has 3 rings (SSSR count). The molecule has 3 aromatic rings. The van der Waals surface area contributed by atoms with Crippen LogP contribution in [0.25, 0.3) is 10.8 Å². The Balaban J connectivity index is 1.75. The van der Waals surface area contributed by atoms with Gasteiger partial charge in [-0.15, -0.1) is 0 Å². The fourth-order valence-corrected chi connectivity index (χ4v) is 3.21. The second-order valence-corrected chi connectivity index (χ2v) is 6.33. The SMILES string of the molecule is CNC(=O)Cc1cc(=O)[nH]c(SCc2ccc3ccccc3c2)n1. The van der Waals surface area contributed by atoms with E-state index in [9.17, 15) is 9.59 Å². The number of hydrogen-bond donors (Lipinski definition) is 2. The first-order valence-corrected chi connectivity index (χ1v) is 8.54. The minimum absolute atomic E-state index is 0.101. The van der Waals surface area contributed by atoms with Crippen LogP contribution in [0.3, 0.4) is 0 Å². The number of aromatic amines is 1. The van der Waals surface area contributed by atoms with Crippen molar-refractivity contribution >= 4 is 28.4 Å². The van der Waals surface area contributed by atoms with Crippen LogP contribution >= 0.6 is 11.8 Å². The molecule has 0 aliphatic rings. The van der Waals surface area contributed by atoms with Gasteiger partial charge in [0.25, 0.3) is 5.56 Å². The van der Waals surface area contributed by atoms with E-state index in [0.29, 0.717) is 16.6 Å². The summed E-state index contributed by atoms with van der Waals surface area (Å²) in [6.07, 6.45) is 0.101. The van der Waals surface area contributed by atoms with Gasteiger partial charge in [-0.05, 0) is 16.3 Å². The van der Waals surface area contributed by atoms with E-state index < -0.39 is 0 Å². The first kappa shape index (κ1) is 16.3. The lowest BCUT2D eigenvalue weighted by Gasteiger charge is -2.05. The third-order valence-electron chi connectivity index (χ3n) is 3.58. The molecule has 1 heterocycles. The van der Waals surface area contributed by atoms with Crippen LogP contribution in [-0.2, 0) is 17.0 Å². The molecule has 122 valence electrons. The minimum atomic E-state index is -0.245. The normalized spacial score (nSPS) is 10.7. The Morgan fingerprint density at radius 2 is 1.96 bits per heavy atom. The van der Waals surface area contributed by atoms with Crippen LogP contribution in [0.5, 0.6) is 0 Å². The number of amides is 1. The Hall–Kier alpha value is -2.60. The highest BCUT2D eigenvalue weighted by atomic mass is 32.2. The number of hydrogen-bond acceptors (Lipinski definition) is 4. The van der Waals surface area contributed by atoms with Crippen LogP contribution in [0, 0.1) is 0 Å². The fraction of sp³-hybridized carbons (Fsp3) is 0.167. The summed E-state index contributed by atoms with van der Waals surface area (Å²) >= 11 is 1.45. The average molecular weight is 339 g/mol. The summed E-state index contributed by atoms with van der Waals surface area (Å²) in [4.78, 5) is 30.2. The van der Waals surface area contributed by atoms with Crippen molar-refractivity contribution in [3.8, 4) is 0 Å². The molecule has 0 aliphatic heterocycles. The Labute approximate surface area is 143 Å². The van der Waals surface area contributed by atoms with Crippen LogP contribution < -0.4 is 10.9 Å². The van der Waals surface area contributed by atoms with Crippen molar-refractivity contribution in [3.63, 3.8) is 0 Å². The fourth-order valence-electron chi connectivity index (χ4n) is 2.38. The summed E-state index contributed by atoms with van der Waals surface area (Å²) in [5, 5.41) is 5.44. The predicted octanol–water partition coefficient (Wildman–Crippen LogP) is 2.50. The van der Waals surface area contributed by atoms with E-state index in [-0.39, 0.29) is 17.9 Å². The van der Waals surface area contributed by atoms with Gasteiger partial charge in [0.2, 0.25) is 5.91 Å². The number of nitrogens with one attached hydrogen (secondary N) is 2. The molecule has 0 radical (unpaired) electrons. The lowest BCUT2D eigenvalue weighted by Crippen LogP contribution is -2.22. The molecule has 1 amide bonds. The van der Waals surface area contributed by atoms with Crippen LogP contribution in [0.4, 0.5) is 0 Å². The number of benzene rings is 2. The molecule has 6 heteroatoms. The maximum Gasteiger partial charge on any atom is 0.251 e. The van der Waals surface area contributed by atoms with E-state index in [1.807, 2.05) is 12.1 Å². The molecule has 0 saturated heterocycles. The quantitative estimate of drug-likeness (QED) is 0.553. The third-order valence-corrected chi connectivity index (χ3v) is 4.53. The van der Waals surface area contributed by atoms with E-state index in [4.69, 9.17) is 0 Å². The van der Waals surface area contributed by atoms with Gasteiger partial charge in [0, 0.05) is 18.9 Å². The van der Waals surface area contributed by atoms with E-state index in [1.54, 1.807) is 7.05 Å². The highest BCUT2D eigenvalue weighted by molar-refractivity contribution is 7.98. The molecule has 1 aromatic heterocycles. The monoisotopic (exact) mass is 339 g/mol. The molecule has 5 nitrogen and oxygen atoms in total. The summed E-state index contributed by atoms with van der Waals surface area (Å²) < 4.78 is 0. The Kier molecular flexibility index (Phi) is 4.96. The molecule has 0 atom stereocenters. The van der Waals surface area contributed by atoms with Crippen molar-refractivity contribution in [2.45, 2.75) is 17.3 Å². The van der Waals surface area contributed by atoms with Gasteiger partial charge >= 0.3 is 0 Å². The Bertz CT molecular complexity index is 937. The Morgan fingerprint density at radius 1 is 1.17 bits per heavy atom. The highest BCUT2D eigenvalue weighted by Gasteiger charge is 2.07. The molecule has 0 unspecified atom stereocenters. The van der Waals surface area contributed by atoms with E-state index in [0.717, 1.165) is 5.56 Å². The second kappa shape index (κ2) is 7.31. The van der Waals surface area contributed by atoms with E-state index in [1.165, 1.54) is 28.6 Å². The number of likely N-dealkylation sites (N-methyl/N-ethyl adjacent to an activating group) is 1. The molecule has 0 saturated carbocycles. The molecule has 2 aromatic carbocycles. The summed E-state index contributed by atoms with van der Waals surface area (Å²) in [7, 11) is 1.56. The first-order valence-electron chi connectivity index (χ1n) is 7.55. The molecule has 2 N–H and O–H groups in total. The number of H-pyrrole nitrogens is 1. The van der Waals surface area contributed by atoms with Gasteiger partial charge in [0.05, 0.1) is 12.1 Å². The number of nitrogens with zero attached hydrogens (tertiary/aromatic N) is 1. The summed E-state index contributed by atoms with van der Waals surface area (Å²) in [6, 6.07) is 15.8. The van der Waals surface area contributed by atoms with E-state index in [2.05, 4.69) is 45.6 Å². The lowest BCUT2D eigenvalue weighted by atomic mass is 10.1. The Morgan fingerprint density at radius 3 is 2.75 bits per heavy atom. The molecule has 0 aliphatic carbocycles. The largest absolute Gasteiger partial charge is 0.359 e. The van der Waals surface area contributed by atoms with Crippen molar-refractivity contribution in [2.24, 2.45) is 0 Å². The van der Waals surface area contributed by atoms with Crippen molar-refractivity contribution < 1.29 is 4.79 Å². The molecule has 24 heavy (non-hydrogen) atoms. The smallest absolute Gasteiger partial charge is 0.251 e. The van der Waals surface area contributed by atoms with Crippen molar-refractivity contribution in [1.82, 2.24) is 15.3 Å². The topological polar surface area (TPSA) is 74.8 Å². The average Bonchev–Trinajstić information content (AvgIpc) is 2.59. The van der Waals surface area contributed by atoms with Crippen LogP contribution in [-0.4, -0.2) is 22.9 Å². The van der Waals surface area contributed by atoms with Gasteiger partial charge < -0.3 is 10.3 Å². The van der Waals surface area contributed by atoms with Gasteiger partial charge in [-0.2, -0.15) is 0 Å². The predicted molar refractivity (Wildman–Crippen MR) is 96.1 cm³/mol. The zero-order chi connectivity index (χ0) is 16.9. The van der Waals surface area contributed by atoms with Gasteiger partial charge in [0.1, 0.15) is 0 Å². The number of fused-ring (bicyclic) bond motifs is 1. The molecular formula is C18H17N3O2S. The number of thioether (sulfide) groups is 1. The number of carbonyl (C=O) groups is 1. The standard InChI is InChI=1S/C18H17N3O2S/c1-19-16(22)9-15-10-17(23)21-18(20-15)24-11-12-6-7-13-4-2-3-5-14(13)8-12/h2-8,10H,9,11H2,1H3,(H,19,22)(H,20,21,23). The maximum absolute atomic E-state index is 11.7. The van der Waals surface area contributed by atoms with Crippen molar-refractivity contribution in [3.05, 3.63) is 70.1 Å². The highest BCUT2D eigenvalue weighted by Crippen LogP contribution is 2.22. The van der Waals surface area contributed by atoms with Crippen LogP contribution in [0.15, 0.2) is 58.5 Å². The van der Waals surface area contributed by atoms with Gasteiger partial charge in [-0.25, -0.2) is 4.98 Å². The van der Waals surface area contributed by atoms with Crippen molar-refractivity contribution in [1.29, 1.82) is 0 Å². The molecule has 0 spiro atoms. The van der Waals surface area contributed by atoms with Gasteiger partial charge in [0.15, 0.2) is 5.16 Å². The second-order valence-electron chi connectivity index (χ2n) is 5.36. The van der Waals surface area contributed by atoms with Crippen molar-refractivity contribution in [2.75, 3.05) is 7.05 Å². The van der Waals surface area contributed by atoms with E-state index >= 15 is 0 Å². The number of rotatable bonds is 5. The lowest BCUT2D eigenvalue weighted by molar-refractivity contribution is -0.120. The maximum atomic E-state index is 11.7. The number of aromatic nitrogens is 2. The third kappa shape index (κ3) is 4.02.